The number of Topliss-reactive ketones (excluding diaryl/α,β-unsaturated/α-hetero) is 1. The first kappa shape index (κ1) is 29.1. The Bertz CT molecular complexity index is 1690. The van der Waals surface area contributed by atoms with Gasteiger partial charge in [0.2, 0.25) is 5.91 Å². The molecule has 218 valence electrons. The molecule has 2 amide bonds. The van der Waals surface area contributed by atoms with Gasteiger partial charge in [0.25, 0.3) is 11.7 Å². The SMILES string of the molecule is CC(=O)Nc1ccc(N2C(=O)C(=O)/C(=C(\O)c3ccc(OCc4ccccc4)c(C)c3)C2c2ccc(N(C)C)cc2)cc1. The number of aliphatic hydroxyl groups is 1. The van der Waals surface area contributed by atoms with Gasteiger partial charge in [-0.3, -0.25) is 19.3 Å². The first-order chi connectivity index (χ1) is 20.6. The van der Waals surface area contributed by atoms with E-state index in [1.165, 1.54) is 11.8 Å². The van der Waals surface area contributed by atoms with Crippen molar-refractivity contribution in [2.75, 3.05) is 29.2 Å². The number of benzene rings is 4. The molecule has 1 fully saturated rings. The molecule has 1 aliphatic heterocycles. The molecule has 0 aromatic heterocycles. The van der Waals surface area contributed by atoms with Gasteiger partial charge in [0, 0.05) is 43.6 Å². The number of nitrogens with one attached hydrogen (secondary N) is 1. The molecule has 1 heterocycles. The lowest BCUT2D eigenvalue weighted by atomic mass is 9.94. The fourth-order valence-corrected chi connectivity index (χ4v) is 5.13. The third-order valence-electron chi connectivity index (χ3n) is 7.32. The number of hydrogen-bond acceptors (Lipinski definition) is 6. The zero-order valence-corrected chi connectivity index (χ0v) is 24.5. The summed E-state index contributed by atoms with van der Waals surface area (Å²) in [7, 11) is 3.85. The summed E-state index contributed by atoms with van der Waals surface area (Å²) in [5, 5.41) is 14.3. The van der Waals surface area contributed by atoms with Gasteiger partial charge in [0.1, 0.15) is 18.1 Å². The smallest absolute Gasteiger partial charge is 0.300 e. The van der Waals surface area contributed by atoms with Crippen LogP contribution in [0.4, 0.5) is 17.1 Å². The zero-order chi connectivity index (χ0) is 30.7. The third-order valence-corrected chi connectivity index (χ3v) is 7.32. The Morgan fingerprint density at radius 1 is 0.930 bits per heavy atom. The van der Waals surface area contributed by atoms with E-state index in [0.717, 1.165) is 16.8 Å². The molecule has 1 unspecified atom stereocenters. The second kappa shape index (κ2) is 12.2. The molecule has 2 N–H and O–H groups in total. The summed E-state index contributed by atoms with van der Waals surface area (Å²) in [4.78, 5) is 42.0. The monoisotopic (exact) mass is 575 g/mol. The number of hydrogen-bond donors (Lipinski definition) is 2. The van der Waals surface area contributed by atoms with Gasteiger partial charge in [-0.25, -0.2) is 0 Å². The van der Waals surface area contributed by atoms with Crippen LogP contribution in [-0.4, -0.2) is 36.8 Å². The first-order valence-corrected chi connectivity index (χ1v) is 13.9. The normalized spacial score (nSPS) is 15.8. The van der Waals surface area contributed by atoms with Crippen LogP contribution in [0.15, 0.2) is 103 Å². The van der Waals surface area contributed by atoms with E-state index in [-0.39, 0.29) is 17.2 Å². The summed E-state index contributed by atoms with van der Waals surface area (Å²) in [6, 6.07) is 28.3. The second-order valence-corrected chi connectivity index (χ2v) is 10.6. The van der Waals surface area contributed by atoms with E-state index < -0.39 is 17.7 Å². The summed E-state index contributed by atoms with van der Waals surface area (Å²) in [5.41, 5.74) is 4.82. The lowest BCUT2D eigenvalue weighted by molar-refractivity contribution is -0.132. The van der Waals surface area contributed by atoms with Crippen LogP contribution in [0.3, 0.4) is 0 Å². The van der Waals surface area contributed by atoms with Gasteiger partial charge in [-0.15, -0.1) is 0 Å². The van der Waals surface area contributed by atoms with Gasteiger partial charge < -0.3 is 20.1 Å². The van der Waals surface area contributed by atoms with Crippen LogP contribution >= 0.6 is 0 Å². The second-order valence-electron chi connectivity index (χ2n) is 10.6. The van der Waals surface area contributed by atoms with Crippen LogP contribution in [0.2, 0.25) is 0 Å². The highest BCUT2D eigenvalue weighted by molar-refractivity contribution is 6.51. The third kappa shape index (κ3) is 6.13. The Balaban J connectivity index is 1.55. The molecule has 0 spiro atoms. The van der Waals surface area contributed by atoms with Gasteiger partial charge in [0.05, 0.1) is 11.6 Å². The van der Waals surface area contributed by atoms with Crippen LogP contribution in [0, 0.1) is 6.92 Å². The number of anilines is 3. The summed E-state index contributed by atoms with van der Waals surface area (Å²) in [5.74, 6) is -1.38. The van der Waals surface area contributed by atoms with E-state index in [0.29, 0.717) is 34.9 Å². The van der Waals surface area contributed by atoms with Gasteiger partial charge in [-0.05, 0) is 78.2 Å². The van der Waals surface area contributed by atoms with Crippen molar-refractivity contribution >= 4 is 40.4 Å². The summed E-state index contributed by atoms with van der Waals surface area (Å²) in [6.07, 6.45) is 0. The molecule has 1 saturated heterocycles. The first-order valence-electron chi connectivity index (χ1n) is 13.9. The largest absolute Gasteiger partial charge is 0.507 e. The molecule has 0 aliphatic carbocycles. The number of carbonyl (C=O) groups excluding carboxylic acids is 3. The van der Waals surface area contributed by atoms with E-state index in [9.17, 15) is 19.5 Å². The molecule has 0 saturated carbocycles. The molecular formula is C35H33N3O5. The summed E-state index contributed by atoms with van der Waals surface area (Å²) < 4.78 is 5.99. The standard InChI is InChI=1S/C35H33N3O5/c1-22-20-26(12-19-30(22)43-21-24-8-6-5-7-9-24)33(40)31-32(25-10-15-28(16-11-25)37(3)4)38(35(42)34(31)41)29-17-13-27(14-18-29)36-23(2)39/h5-20,32,40H,21H2,1-4H3,(H,36,39)/b33-31-. The number of aliphatic hydroxyl groups excluding tert-OH is 1. The quantitative estimate of drug-likeness (QED) is 0.147. The lowest BCUT2D eigenvalue weighted by Gasteiger charge is -2.26. The highest BCUT2D eigenvalue weighted by Crippen LogP contribution is 2.43. The minimum atomic E-state index is -0.878. The highest BCUT2D eigenvalue weighted by Gasteiger charge is 2.47. The number of carbonyl (C=O) groups is 3. The van der Waals surface area contributed by atoms with Crippen molar-refractivity contribution in [1.82, 2.24) is 0 Å². The van der Waals surface area contributed by atoms with E-state index in [1.54, 1.807) is 42.5 Å². The molecule has 8 heteroatoms. The minimum absolute atomic E-state index is 0.00843. The molecule has 0 bridgehead atoms. The topological polar surface area (TPSA) is 99.2 Å². The minimum Gasteiger partial charge on any atom is -0.507 e. The van der Waals surface area contributed by atoms with E-state index >= 15 is 0 Å². The summed E-state index contributed by atoms with van der Waals surface area (Å²) >= 11 is 0. The molecular weight excluding hydrogens is 542 g/mol. The molecule has 8 nitrogen and oxygen atoms in total. The zero-order valence-electron chi connectivity index (χ0n) is 24.5. The van der Waals surface area contributed by atoms with Gasteiger partial charge in [0.15, 0.2) is 0 Å². The van der Waals surface area contributed by atoms with Crippen LogP contribution < -0.4 is 19.9 Å². The Labute approximate surface area is 250 Å². The van der Waals surface area contributed by atoms with E-state index in [2.05, 4.69) is 5.32 Å². The highest BCUT2D eigenvalue weighted by atomic mass is 16.5. The predicted octanol–water partition coefficient (Wildman–Crippen LogP) is 6.22. The van der Waals surface area contributed by atoms with E-state index in [4.69, 9.17) is 4.74 Å². The number of ketones is 1. The Morgan fingerprint density at radius 2 is 1.60 bits per heavy atom. The van der Waals surface area contributed by atoms with Crippen molar-refractivity contribution in [3.05, 3.63) is 125 Å². The maximum Gasteiger partial charge on any atom is 0.300 e. The maximum atomic E-state index is 13.6. The number of amides is 2. The van der Waals surface area contributed by atoms with Crippen molar-refractivity contribution in [3.8, 4) is 5.75 Å². The number of nitrogens with zero attached hydrogens (tertiary/aromatic N) is 2. The predicted molar refractivity (Wildman–Crippen MR) is 168 cm³/mol. The molecule has 43 heavy (non-hydrogen) atoms. The molecule has 0 radical (unpaired) electrons. The van der Waals surface area contributed by atoms with Crippen LogP contribution in [0.25, 0.3) is 5.76 Å². The van der Waals surface area contributed by atoms with Gasteiger partial charge in [-0.1, -0.05) is 42.5 Å². The summed E-state index contributed by atoms with van der Waals surface area (Å²) in [6.45, 7) is 3.67. The van der Waals surface area contributed by atoms with Crippen LogP contribution in [-0.2, 0) is 21.0 Å². The average Bonchev–Trinajstić information content (AvgIpc) is 3.26. The fourth-order valence-electron chi connectivity index (χ4n) is 5.13. The number of aryl methyl sites for hydroxylation is 1. The average molecular weight is 576 g/mol. The fraction of sp³-hybridized carbons (Fsp3) is 0.171. The van der Waals surface area contributed by atoms with Crippen molar-refractivity contribution in [1.29, 1.82) is 0 Å². The van der Waals surface area contributed by atoms with Crippen molar-refractivity contribution in [2.24, 2.45) is 0 Å². The van der Waals surface area contributed by atoms with E-state index in [1.807, 2.05) is 80.5 Å². The maximum absolute atomic E-state index is 13.6. The van der Waals surface area contributed by atoms with Crippen molar-refractivity contribution in [3.63, 3.8) is 0 Å². The van der Waals surface area contributed by atoms with Crippen LogP contribution in [0.1, 0.15) is 35.2 Å². The molecule has 4 aromatic carbocycles. The Kier molecular flexibility index (Phi) is 8.29. The molecule has 1 atom stereocenters. The van der Waals surface area contributed by atoms with Crippen molar-refractivity contribution < 1.29 is 24.2 Å². The molecule has 4 aromatic rings. The van der Waals surface area contributed by atoms with Crippen LogP contribution in [0.5, 0.6) is 5.75 Å². The molecule has 5 rings (SSSR count). The lowest BCUT2D eigenvalue weighted by Crippen LogP contribution is -2.29. The Hall–Kier alpha value is -5.37. The number of ether oxygens (including phenoxy) is 1. The number of rotatable bonds is 8. The van der Waals surface area contributed by atoms with Crippen molar-refractivity contribution in [2.45, 2.75) is 26.5 Å². The van der Waals surface area contributed by atoms with Gasteiger partial charge in [-0.2, -0.15) is 0 Å². The van der Waals surface area contributed by atoms with Gasteiger partial charge >= 0.3 is 0 Å². The Morgan fingerprint density at radius 3 is 2.21 bits per heavy atom. The molecule has 1 aliphatic rings.